The van der Waals surface area contributed by atoms with Crippen molar-refractivity contribution in [2.45, 2.75) is 26.8 Å². The van der Waals surface area contributed by atoms with Crippen LogP contribution in [0.4, 0.5) is 0 Å². The number of furan rings is 1. The van der Waals surface area contributed by atoms with Gasteiger partial charge in [0.1, 0.15) is 11.5 Å². The van der Waals surface area contributed by atoms with Crippen molar-refractivity contribution in [3.05, 3.63) is 23.7 Å². The lowest BCUT2D eigenvalue weighted by molar-refractivity contribution is 0.0589. The quantitative estimate of drug-likeness (QED) is 0.629. The Kier molecular flexibility index (Phi) is 8.53. The fourth-order valence-electron chi connectivity index (χ4n) is 2.15. The predicted octanol–water partition coefficient (Wildman–Crippen LogP) is 1.96. The monoisotopic (exact) mass is 284 g/mol. The Balaban J connectivity index is 2.65. The van der Waals surface area contributed by atoms with Crippen LogP contribution in [0.5, 0.6) is 0 Å². The number of ether oxygens (including phenoxy) is 2. The van der Waals surface area contributed by atoms with Gasteiger partial charge >= 0.3 is 0 Å². The van der Waals surface area contributed by atoms with Gasteiger partial charge in [-0.15, -0.1) is 0 Å². The molecule has 0 saturated heterocycles. The highest BCUT2D eigenvalue weighted by atomic mass is 16.5. The molecule has 0 fully saturated rings. The molecule has 0 aliphatic rings. The Morgan fingerprint density at radius 3 is 2.15 bits per heavy atom. The Labute approximate surface area is 122 Å². The van der Waals surface area contributed by atoms with Gasteiger partial charge in [-0.3, -0.25) is 4.90 Å². The molecular formula is C15H28N2O3. The second kappa shape index (κ2) is 9.94. The Bertz CT molecular complexity index is 345. The molecular weight excluding hydrogens is 256 g/mol. The molecule has 0 radical (unpaired) electrons. The third kappa shape index (κ3) is 5.63. The Hall–Kier alpha value is -0.880. The first-order chi connectivity index (χ1) is 9.72. The van der Waals surface area contributed by atoms with Gasteiger partial charge in [0.2, 0.25) is 0 Å². The molecule has 1 rings (SSSR count). The van der Waals surface area contributed by atoms with Crippen LogP contribution in [0.1, 0.15) is 31.4 Å². The van der Waals surface area contributed by atoms with E-state index >= 15 is 0 Å². The van der Waals surface area contributed by atoms with Crippen LogP contribution >= 0.6 is 0 Å². The Morgan fingerprint density at radius 2 is 1.75 bits per heavy atom. The lowest BCUT2D eigenvalue weighted by Crippen LogP contribution is -2.38. The van der Waals surface area contributed by atoms with Gasteiger partial charge in [0, 0.05) is 32.8 Å². The van der Waals surface area contributed by atoms with E-state index in [1.165, 1.54) is 0 Å². The maximum absolute atomic E-state index is 5.94. The molecule has 0 saturated carbocycles. The molecule has 0 amide bonds. The minimum Gasteiger partial charge on any atom is -0.465 e. The molecule has 2 N–H and O–H groups in total. The molecule has 0 aliphatic heterocycles. The van der Waals surface area contributed by atoms with Crippen LogP contribution in [-0.2, 0) is 9.47 Å². The summed E-state index contributed by atoms with van der Waals surface area (Å²) in [5.74, 6) is 1.83. The van der Waals surface area contributed by atoms with Gasteiger partial charge < -0.3 is 19.6 Å². The first-order valence-corrected chi connectivity index (χ1v) is 7.38. The molecule has 1 aromatic rings. The van der Waals surface area contributed by atoms with Crippen molar-refractivity contribution in [1.29, 1.82) is 0 Å². The summed E-state index contributed by atoms with van der Waals surface area (Å²) >= 11 is 0. The number of aryl methyl sites for hydroxylation is 1. The van der Waals surface area contributed by atoms with E-state index in [0.717, 1.165) is 37.8 Å². The van der Waals surface area contributed by atoms with Crippen LogP contribution in [0.3, 0.4) is 0 Å². The third-order valence-corrected chi connectivity index (χ3v) is 3.21. The van der Waals surface area contributed by atoms with Gasteiger partial charge in [0.05, 0.1) is 19.3 Å². The molecule has 1 atom stereocenters. The molecule has 0 aromatic carbocycles. The van der Waals surface area contributed by atoms with Crippen molar-refractivity contribution in [2.24, 2.45) is 5.73 Å². The maximum Gasteiger partial charge on any atom is 0.122 e. The summed E-state index contributed by atoms with van der Waals surface area (Å²) in [6.07, 6.45) is 0. The van der Waals surface area contributed by atoms with Gasteiger partial charge in [-0.05, 0) is 32.9 Å². The van der Waals surface area contributed by atoms with Crippen molar-refractivity contribution in [2.75, 3.05) is 46.1 Å². The van der Waals surface area contributed by atoms with E-state index in [-0.39, 0.29) is 6.04 Å². The first-order valence-electron chi connectivity index (χ1n) is 7.38. The highest BCUT2D eigenvalue weighted by Crippen LogP contribution is 2.21. The summed E-state index contributed by atoms with van der Waals surface area (Å²) < 4.78 is 16.6. The first kappa shape index (κ1) is 17.2. The zero-order chi connectivity index (χ0) is 14.8. The summed E-state index contributed by atoms with van der Waals surface area (Å²) in [7, 11) is 0. The zero-order valence-corrected chi connectivity index (χ0v) is 12.9. The van der Waals surface area contributed by atoms with Crippen LogP contribution in [0.2, 0.25) is 0 Å². The summed E-state index contributed by atoms with van der Waals surface area (Å²) in [4.78, 5) is 2.27. The largest absolute Gasteiger partial charge is 0.465 e. The minimum absolute atomic E-state index is 0.0737. The molecule has 0 bridgehead atoms. The average Bonchev–Trinajstić information content (AvgIpc) is 2.86. The lowest BCUT2D eigenvalue weighted by Gasteiger charge is -2.29. The van der Waals surface area contributed by atoms with Gasteiger partial charge in [-0.1, -0.05) is 0 Å². The fraction of sp³-hybridized carbons (Fsp3) is 0.733. The summed E-state index contributed by atoms with van der Waals surface area (Å²) in [5, 5.41) is 0. The van der Waals surface area contributed by atoms with Crippen LogP contribution in [0, 0.1) is 6.92 Å². The fourth-order valence-corrected chi connectivity index (χ4v) is 2.15. The molecule has 5 nitrogen and oxygen atoms in total. The van der Waals surface area contributed by atoms with Gasteiger partial charge in [0.15, 0.2) is 0 Å². The van der Waals surface area contributed by atoms with Crippen LogP contribution in [0.15, 0.2) is 16.5 Å². The van der Waals surface area contributed by atoms with Crippen LogP contribution < -0.4 is 5.73 Å². The summed E-state index contributed by atoms with van der Waals surface area (Å²) in [5.41, 5.74) is 5.94. The second-order valence-corrected chi connectivity index (χ2v) is 4.63. The second-order valence-electron chi connectivity index (χ2n) is 4.63. The zero-order valence-electron chi connectivity index (χ0n) is 12.9. The Morgan fingerprint density at radius 1 is 1.15 bits per heavy atom. The summed E-state index contributed by atoms with van der Waals surface area (Å²) in [6.45, 7) is 11.0. The molecule has 116 valence electrons. The van der Waals surface area contributed by atoms with Crippen molar-refractivity contribution in [1.82, 2.24) is 4.90 Å². The molecule has 20 heavy (non-hydrogen) atoms. The maximum atomic E-state index is 5.94. The number of hydrogen-bond acceptors (Lipinski definition) is 5. The van der Waals surface area contributed by atoms with Crippen LogP contribution in [0.25, 0.3) is 0 Å². The number of nitrogens with two attached hydrogens (primary N) is 1. The van der Waals surface area contributed by atoms with E-state index in [9.17, 15) is 0 Å². The predicted molar refractivity (Wildman–Crippen MR) is 79.8 cm³/mol. The topological polar surface area (TPSA) is 60.9 Å². The molecule has 1 unspecified atom stereocenters. The molecule has 1 heterocycles. The van der Waals surface area contributed by atoms with Crippen molar-refractivity contribution in [3.8, 4) is 0 Å². The number of rotatable bonds is 11. The van der Waals surface area contributed by atoms with Crippen molar-refractivity contribution in [3.63, 3.8) is 0 Å². The van der Waals surface area contributed by atoms with E-state index in [1.54, 1.807) is 0 Å². The molecule has 0 aliphatic carbocycles. The third-order valence-electron chi connectivity index (χ3n) is 3.21. The standard InChI is InChI=1S/C15H28N2O3/c1-4-18-10-8-17(9-11-19-5-2)14(12-16)15-7-6-13(3)20-15/h6-7,14H,4-5,8-12,16H2,1-3H3. The van der Waals surface area contributed by atoms with Crippen molar-refractivity contribution >= 4 is 0 Å². The van der Waals surface area contributed by atoms with Crippen LogP contribution in [-0.4, -0.2) is 51.0 Å². The van der Waals surface area contributed by atoms with Crippen molar-refractivity contribution < 1.29 is 13.9 Å². The smallest absolute Gasteiger partial charge is 0.122 e. The SMILES string of the molecule is CCOCCN(CCOCC)C(CN)c1ccc(C)o1. The van der Waals surface area contributed by atoms with E-state index < -0.39 is 0 Å². The highest BCUT2D eigenvalue weighted by Gasteiger charge is 2.21. The average molecular weight is 284 g/mol. The highest BCUT2D eigenvalue weighted by molar-refractivity contribution is 5.10. The van der Waals surface area contributed by atoms with E-state index in [2.05, 4.69) is 4.90 Å². The normalized spacial score (nSPS) is 13.1. The molecule has 0 spiro atoms. The van der Waals surface area contributed by atoms with E-state index in [4.69, 9.17) is 19.6 Å². The minimum atomic E-state index is 0.0737. The van der Waals surface area contributed by atoms with Gasteiger partial charge in [-0.25, -0.2) is 0 Å². The molecule has 5 heteroatoms. The lowest BCUT2D eigenvalue weighted by atomic mass is 10.2. The molecule has 1 aromatic heterocycles. The van der Waals surface area contributed by atoms with Gasteiger partial charge in [-0.2, -0.15) is 0 Å². The number of hydrogen-bond donors (Lipinski definition) is 1. The number of nitrogens with zero attached hydrogens (tertiary/aromatic N) is 1. The summed E-state index contributed by atoms with van der Waals surface area (Å²) in [6, 6.07) is 4.05. The van der Waals surface area contributed by atoms with E-state index in [1.807, 2.05) is 32.9 Å². The van der Waals surface area contributed by atoms with E-state index in [0.29, 0.717) is 19.8 Å². The van der Waals surface area contributed by atoms with Gasteiger partial charge in [0.25, 0.3) is 0 Å².